The molecule has 5 rings (SSSR count). The minimum Gasteiger partial charge on any atom is -0.355 e. The van der Waals surface area contributed by atoms with Crippen molar-refractivity contribution in [2.45, 2.75) is 0 Å². The number of amides is 1. The van der Waals surface area contributed by atoms with Crippen molar-refractivity contribution in [2.75, 3.05) is 7.05 Å². The van der Waals surface area contributed by atoms with Crippen LogP contribution >= 0.6 is 0 Å². The fourth-order valence-electron chi connectivity index (χ4n) is 3.79. The molecule has 5 aromatic rings. The Morgan fingerprint density at radius 3 is 2.58 bits per heavy atom. The molecule has 162 valence electrons. The number of fused-ring (bicyclic) bond motifs is 1. The highest BCUT2D eigenvalue weighted by molar-refractivity contribution is 5.95. The van der Waals surface area contributed by atoms with E-state index >= 15 is 0 Å². The van der Waals surface area contributed by atoms with Crippen LogP contribution in [0, 0.1) is 11.6 Å². The average Bonchev–Trinajstić information content (AvgIpc) is 3.27. The van der Waals surface area contributed by atoms with Gasteiger partial charge in [0, 0.05) is 42.2 Å². The van der Waals surface area contributed by atoms with Crippen molar-refractivity contribution < 1.29 is 13.6 Å². The predicted octanol–water partition coefficient (Wildman–Crippen LogP) is 5.37. The Hall–Kier alpha value is -4.39. The normalized spacial score (nSPS) is 11.0. The van der Waals surface area contributed by atoms with E-state index in [4.69, 9.17) is 0 Å². The fraction of sp³-hybridized carbons (Fsp3) is 0.0385. The zero-order chi connectivity index (χ0) is 22.9. The molecule has 0 bridgehead atoms. The first kappa shape index (κ1) is 20.5. The minimum atomic E-state index is -0.665. The molecule has 33 heavy (non-hydrogen) atoms. The second kappa shape index (κ2) is 8.27. The van der Waals surface area contributed by atoms with Crippen molar-refractivity contribution in [2.24, 2.45) is 0 Å². The third kappa shape index (κ3) is 3.85. The zero-order valence-corrected chi connectivity index (χ0v) is 17.6. The van der Waals surface area contributed by atoms with Gasteiger partial charge >= 0.3 is 0 Å². The van der Waals surface area contributed by atoms with Gasteiger partial charge in [0.05, 0.1) is 17.6 Å². The largest absolute Gasteiger partial charge is 0.355 e. The summed E-state index contributed by atoms with van der Waals surface area (Å²) in [7, 11) is 1.60. The molecule has 0 aliphatic heterocycles. The van der Waals surface area contributed by atoms with Crippen molar-refractivity contribution in [3.05, 3.63) is 103 Å². The van der Waals surface area contributed by atoms with E-state index in [1.807, 2.05) is 47.0 Å². The molecule has 0 atom stereocenters. The summed E-state index contributed by atoms with van der Waals surface area (Å²) in [6.07, 6.45) is 5.23. The van der Waals surface area contributed by atoms with E-state index in [0.717, 1.165) is 34.1 Å². The molecule has 0 aliphatic carbocycles. The molecular formula is C26H18F2N4O. The van der Waals surface area contributed by atoms with Crippen LogP contribution in [-0.2, 0) is 0 Å². The summed E-state index contributed by atoms with van der Waals surface area (Å²) < 4.78 is 29.5. The highest BCUT2D eigenvalue weighted by Gasteiger charge is 2.12. The molecule has 0 saturated heterocycles. The first-order valence-electron chi connectivity index (χ1n) is 10.2. The van der Waals surface area contributed by atoms with Crippen LogP contribution in [0.3, 0.4) is 0 Å². The van der Waals surface area contributed by atoms with Crippen LogP contribution in [0.15, 0.2) is 85.3 Å². The lowest BCUT2D eigenvalue weighted by molar-refractivity contribution is 0.0963. The van der Waals surface area contributed by atoms with E-state index in [-0.39, 0.29) is 11.5 Å². The van der Waals surface area contributed by atoms with E-state index in [9.17, 15) is 13.6 Å². The van der Waals surface area contributed by atoms with Crippen LogP contribution in [0.4, 0.5) is 8.78 Å². The summed E-state index contributed by atoms with van der Waals surface area (Å²) in [5.41, 5.74) is 5.37. The number of hydrogen-bond acceptors (Lipinski definition) is 3. The Labute approximate surface area is 188 Å². The number of halogens is 2. The third-order valence-corrected chi connectivity index (χ3v) is 5.46. The monoisotopic (exact) mass is 440 g/mol. The van der Waals surface area contributed by atoms with Gasteiger partial charge in [-0.1, -0.05) is 12.1 Å². The fourth-order valence-corrected chi connectivity index (χ4v) is 3.79. The molecule has 2 aromatic carbocycles. The average molecular weight is 440 g/mol. The van der Waals surface area contributed by atoms with Gasteiger partial charge < -0.3 is 5.32 Å². The van der Waals surface area contributed by atoms with Crippen LogP contribution < -0.4 is 5.32 Å². The first-order valence-corrected chi connectivity index (χ1v) is 10.2. The maximum atomic E-state index is 14.2. The second-order valence-electron chi connectivity index (χ2n) is 7.50. The van der Waals surface area contributed by atoms with Crippen LogP contribution in [0.2, 0.25) is 0 Å². The summed E-state index contributed by atoms with van der Waals surface area (Å²) in [6, 6.07) is 18.3. The number of carbonyl (C=O) groups excluding carboxylic acids is 1. The van der Waals surface area contributed by atoms with Crippen LogP contribution in [0.5, 0.6) is 0 Å². The second-order valence-corrected chi connectivity index (χ2v) is 7.50. The van der Waals surface area contributed by atoms with E-state index in [1.165, 1.54) is 12.1 Å². The van der Waals surface area contributed by atoms with Gasteiger partial charge in [-0.2, -0.15) is 0 Å². The summed E-state index contributed by atoms with van der Waals surface area (Å²) in [6.45, 7) is 0. The van der Waals surface area contributed by atoms with E-state index in [2.05, 4.69) is 15.3 Å². The number of rotatable bonds is 4. The highest BCUT2D eigenvalue weighted by Crippen LogP contribution is 2.29. The lowest BCUT2D eigenvalue weighted by Gasteiger charge is -2.08. The zero-order valence-electron chi connectivity index (χ0n) is 17.6. The summed E-state index contributed by atoms with van der Waals surface area (Å²) in [5.74, 6) is -1.45. The minimum absolute atomic E-state index is 0.146. The Morgan fingerprint density at radius 2 is 1.76 bits per heavy atom. The van der Waals surface area contributed by atoms with Gasteiger partial charge in [-0.25, -0.2) is 13.8 Å². The van der Waals surface area contributed by atoms with Gasteiger partial charge in [0.2, 0.25) is 0 Å². The van der Waals surface area contributed by atoms with Gasteiger partial charge in [-0.3, -0.25) is 14.2 Å². The number of imidazole rings is 1. The van der Waals surface area contributed by atoms with E-state index < -0.39 is 11.6 Å². The first-order chi connectivity index (χ1) is 16.0. The summed E-state index contributed by atoms with van der Waals surface area (Å²) in [4.78, 5) is 20.7. The molecule has 0 radical (unpaired) electrons. The molecule has 0 unspecified atom stereocenters. The van der Waals surface area contributed by atoms with E-state index in [0.29, 0.717) is 11.3 Å². The maximum Gasteiger partial charge on any atom is 0.251 e. The number of nitrogens with one attached hydrogen (secondary N) is 1. The molecular weight excluding hydrogens is 422 g/mol. The number of hydrogen-bond donors (Lipinski definition) is 1. The molecule has 0 saturated carbocycles. The molecule has 7 heteroatoms. The molecule has 3 heterocycles. The highest BCUT2D eigenvalue weighted by atomic mass is 19.1. The topological polar surface area (TPSA) is 59.3 Å². The number of benzene rings is 2. The molecule has 3 aromatic heterocycles. The van der Waals surface area contributed by atoms with Crippen molar-refractivity contribution in [1.29, 1.82) is 0 Å². The van der Waals surface area contributed by atoms with Gasteiger partial charge in [0.1, 0.15) is 17.3 Å². The molecule has 0 spiro atoms. The van der Waals surface area contributed by atoms with Gasteiger partial charge in [0.15, 0.2) is 0 Å². The van der Waals surface area contributed by atoms with Crippen molar-refractivity contribution in [3.63, 3.8) is 0 Å². The van der Waals surface area contributed by atoms with Crippen LogP contribution in [0.25, 0.3) is 39.3 Å². The summed E-state index contributed by atoms with van der Waals surface area (Å²) in [5, 5.41) is 2.63. The van der Waals surface area contributed by atoms with E-state index in [1.54, 1.807) is 31.6 Å². The quantitative estimate of drug-likeness (QED) is 0.409. The molecule has 5 nitrogen and oxygen atoms in total. The van der Waals surface area contributed by atoms with Crippen molar-refractivity contribution in [1.82, 2.24) is 19.7 Å². The smallest absolute Gasteiger partial charge is 0.251 e. The van der Waals surface area contributed by atoms with Crippen molar-refractivity contribution in [3.8, 4) is 33.6 Å². The van der Waals surface area contributed by atoms with Crippen molar-refractivity contribution >= 4 is 11.6 Å². The predicted molar refractivity (Wildman–Crippen MR) is 123 cm³/mol. The van der Waals surface area contributed by atoms with Crippen LogP contribution in [-0.4, -0.2) is 27.3 Å². The third-order valence-electron chi connectivity index (χ3n) is 5.46. The van der Waals surface area contributed by atoms with Gasteiger partial charge in [-0.15, -0.1) is 0 Å². The van der Waals surface area contributed by atoms with Gasteiger partial charge in [-0.05, 0) is 59.7 Å². The Morgan fingerprint density at radius 1 is 0.909 bits per heavy atom. The SMILES string of the molecule is CNC(=O)c1cccc(-c2ccn3c(-c4ccnc(-c5ccc(F)cc5F)c4)cnc3c2)c1. The number of aromatic nitrogens is 3. The lowest BCUT2D eigenvalue weighted by atomic mass is 10.0. The Bertz CT molecular complexity index is 1510. The van der Waals surface area contributed by atoms with Crippen LogP contribution in [0.1, 0.15) is 10.4 Å². The molecule has 1 N–H and O–H groups in total. The number of carbonyl (C=O) groups is 1. The number of nitrogens with zero attached hydrogens (tertiary/aromatic N) is 3. The Kier molecular flexibility index (Phi) is 5.14. The standard InChI is InChI=1S/C26H18F2N4O/c1-29-26(33)19-4-2-3-16(11-19)17-8-10-32-24(15-31-25(32)13-17)18-7-9-30-23(12-18)21-6-5-20(27)14-22(21)28/h2-15H,1H3,(H,29,33). The lowest BCUT2D eigenvalue weighted by Crippen LogP contribution is -2.17. The number of pyridine rings is 2. The molecule has 0 fully saturated rings. The Balaban J connectivity index is 1.53. The van der Waals surface area contributed by atoms with Gasteiger partial charge in [0.25, 0.3) is 5.91 Å². The summed E-state index contributed by atoms with van der Waals surface area (Å²) >= 11 is 0. The molecule has 1 amide bonds. The maximum absolute atomic E-state index is 14.2. The molecule has 0 aliphatic rings.